The van der Waals surface area contributed by atoms with Crippen LogP contribution in [0.5, 0.6) is 0 Å². The van der Waals surface area contributed by atoms with Gasteiger partial charge in [0, 0.05) is 11.8 Å². The molecule has 3 aromatic rings. The predicted octanol–water partition coefficient (Wildman–Crippen LogP) is 5.12. The zero-order chi connectivity index (χ0) is 16.5. The molecule has 0 spiro atoms. The van der Waals surface area contributed by atoms with Gasteiger partial charge in [-0.25, -0.2) is 9.99 Å². The fourth-order valence-corrected chi connectivity index (χ4v) is 3.79. The summed E-state index contributed by atoms with van der Waals surface area (Å²) >= 11 is 1.65. The number of aryl methyl sites for hydroxylation is 2. The lowest BCUT2D eigenvalue weighted by molar-refractivity contribution is 0.705. The molecule has 0 aliphatic carbocycles. The molecule has 1 aliphatic heterocycles. The van der Waals surface area contributed by atoms with E-state index in [0.29, 0.717) is 0 Å². The number of thiazole rings is 1. The first-order valence-electron chi connectivity index (χ1n) is 8.11. The van der Waals surface area contributed by atoms with Crippen LogP contribution in [0.2, 0.25) is 0 Å². The van der Waals surface area contributed by atoms with E-state index >= 15 is 0 Å². The maximum atomic E-state index is 4.92. The summed E-state index contributed by atoms with van der Waals surface area (Å²) in [6, 6.07) is 19.4. The maximum Gasteiger partial charge on any atom is 0.206 e. The van der Waals surface area contributed by atoms with Gasteiger partial charge in [-0.05, 0) is 25.0 Å². The molecule has 1 unspecified atom stereocenters. The van der Waals surface area contributed by atoms with Gasteiger partial charge < -0.3 is 0 Å². The van der Waals surface area contributed by atoms with E-state index in [0.717, 1.165) is 23.0 Å². The lowest BCUT2D eigenvalue weighted by Gasteiger charge is -2.21. The summed E-state index contributed by atoms with van der Waals surface area (Å²) in [5.41, 5.74) is 5.90. The zero-order valence-corrected chi connectivity index (χ0v) is 14.6. The van der Waals surface area contributed by atoms with E-state index in [1.54, 1.807) is 11.3 Å². The summed E-state index contributed by atoms with van der Waals surface area (Å²) in [7, 11) is 0. The number of aromatic nitrogens is 1. The van der Waals surface area contributed by atoms with Gasteiger partial charge >= 0.3 is 0 Å². The number of rotatable bonds is 3. The molecule has 2 aromatic carbocycles. The van der Waals surface area contributed by atoms with Crippen molar-refractivity contribution in [3.05, 3.63) is 82.4 Å². The first kappa shape index (κ1) is 15.1. The van der Waals surface area contributed by atoms with Crippen molar-refractivity contribution in [2.24, 2.45) is 5.10 Å². The van der Waals surface area contributed by atoms with Gasteiger partial charge in [0.05, 0.1) is 17.4 Å². The third-order valence-electron chi connectivity index (χ3n) is 4.28. The molecule has 0 N–H and O–H groups in total. The molecule has 2 heterocycles. The summed E-state index contributed by atoms with van der Waals surface area (Å²) < 4.78 is 0. The van der Waals surface area contributed by atoms with Crippen LogP contribution in [-0.4, -0.2) is 10.7 Å². The molecular weight excluding hydrogens is 314 g/mol. The quantitative estimate of drug-likeness (QED) is 0.666. The Morgan fingerprint density at radius 3 is 2.42 bits per heavy atom. The summed E-state index contributed by atoms with van der Waals surface area (Å²) in [6.45, 7) is 4.14. The first-order valence-corrected chi connectivity index (χ1v) is 8.99. The molecule has 4 rings (SSSR count). The fraction of sp³-hybridized carbons (Fsp3) is 0.200. The van der Waals surface area contributed by atoms with Crippen molar-refractivity contribution in [2.75, 3.05) is 5.01 Å². The molecule has 3 nitrogen and oxygen atoms in total. The average Bonchev–Trinajstić information content (AvgIpc) is 3.23. The first-order chi connectivity index (χ1) is 11.7. The number of hydrogen-bond donors (Lipinski definition) is 0. The van der Waals surface area contributed by atoms with Crippen molar-refractivity contribution in [1.29, 1.82) is 0 Å². The highest BCUT2D eigenvalue weighted by atomic mass is 32.1. The largest absolute Gasteiger partial charge is 0.231 e. The van der Waals surface area contributed by atoms with Crippen LogP contribution in [0.25, 0.3) is 0 Å². The van der Waals surface area contributed by atoms with E-state index in [9.17, 15) is 0 Å². The highest BCUT2D eigenvalue weighted by molar-refractivity contribution is 7.13. The zero-order valence-electron chi connectivity index (χ0n) is 13.8. The van der Waals surface area contributed by atoms with Crippen LogP contribution in [0, 0.1) is 13.8 Å². The Kier molecular flexibility index (Phi) is 3.90. The Bertz CT molecular complexity index is 865. The van der Waals surface area contributed by atoms with Crippen LogP contribution < -0.4 is 5.01 Å². The summed E-state index contributed by atoms with van der Waals surface area (Å²) in [4.78, 5) is 4.65. The molecule has 4 heteroatoms. The molecule has 1 atom stereocenters. The Morgan fingerprint density at radius 2 is 1.75 bits per heavy atom. The molecular formula is C20H19N3S. The predicted molar refractivity (Wildman–Crippen MR) is 101 cm³/mol. The highest BCUT2D eigenvalue weighted by Gasteiger charge is 2.31. The van der Waals surface area contributed by atoms with E-state index < -0.39 is 0 Å². The van der Waals surface area contributed by atoms with E-state index in [4.69, 9.17) is 5.10 Å². The Labute approximate surface area is 146 Å². The normalized spacial score (nSPS) is 17.2. The molecule has 0 amide bonds. The number of benzene rings is 2. The van der Waals surface area contributed by atoms with Crippen molar-refractivity contribution in [3.63, 3.8) is 0 Å². The number of hydrogen-bond acceptors (Lipinski definition) is 4. The van der Waals surface area contributed by atoms with Crippen LogP contribution in [0.15, 0.2) is 65.1 Å². The van der Waals surface area contributed by atoms with Crippen molar-refractivity contribution in [2.45, 2.75) is 26.3 Å². The second-order valence-electron chi connectivity index (χ2n) is 6.16. The van der Waals surface area contributed by atoms with Crippen molar-refractivity contribution in [1.82, 2.24) is 4.98 Å². The van der Waals surface area contributed by atoms with Gasteiger partial charge in [0.15, 0.2) is 0 Å². The van der Waals surface area contributed by atoms with E-state index in [2.05, 4.69) is 70.8 Å². The average molecular weight is 333 g/mol. The summed E-state index contributed by atoms with van der Waals surface area (Å²) in [6.07, 6.45) is 0.895. The van der Waals surface area contributed by atoms with Crippen molar-refractivity contribution in [3.8, 4) is 0 Å². The minimum atomic E-state index is 0.200. The van der Waals surface area contributed by atoms with Gasteiger partial charge in [0.25, 0.3) is 0 Å². The summed E-state index contributed by atoms with van der Waals surface area (Å²) in [5.74, 6) is 0. The molecule has 24 heavy (non-hydrogen) atoms. The van der Waals surface area contributed by atoms with Crippen molar-refractivity contribution < 1.29 is 0 Å². The van der Waals surface area contributed by atoms with E-state index in [-0.39, 0.29) is 6.04 Å². The molecule has 0 saturated carbocycles. The minimum absolute atomic E-state index is 0.200. The van der Waals surface area contributed by atoms with Gasteiger partial charge in [-0.3, -0.25) is 0 Å². The Morgan fingerprint density at radius 1 is 1.00 bits per heavy atom. The van der Waals surface area contributed by atoms with Crippen molar-refractivity contribution >= 4 is 22.2 Å². The van der Waals surface area contributed by atoms with Crippen LogP contribution in [-0.2, 0) is 0 Å². The molecule has 120 valence electrons. The van der Waals surface area contributed by atoms with Crippen LogP contribution in [0.4, 0.5) is 5.13 Å². The van der Waals surface area contributed by atoms with Crippen LogP contribution >= 0.6 is 11.3 Å². The molecule has 0 bridgehead atoms. The van der Waals surface area contributed by atoms with Gasteiger partial charge in [-0.1, -0.05) is 60.2 Å². The molecule has 1 aliphatic rings. The molecule has 0 saturated heterocycles. The smallest absolute Gasteiger partial charge is 0.206 e. The van der Waals surface area contributed by atoms with Gasteiger partial charge in [-0.2, -0.15) is 5.10 Å². The number of hydrazone groups is 1. The maximum absolute atomic E-state index is 4.92. The third-order valence-corrected chi connectivity index (χ3v) is 5.23. The minimum Gasteiger partial charge on any atom is -0.231 e. The standard InChI is InChI=1S/C20H19N3S/c1-14-8-10-17(11-9-14)19-12-18(16-6-4-3-5-7-16)22-23(19)20-21-15(2)13-24-20/h3-11,13,19H,12H2,1-2H3. The van der Waals surface area contributed by atoms with Gasteiger partial charge in [0.1, 0.15) is 0 Å². The number of anilines is 1. The third kappa shape index (κ3) is 2.85. The Balaban J connectivity index is 1.74. The van der Waals surface area contributed by atoms with E-state index in [1.165, 1.54) is 16.7 Å². The molecule has 0 radical (unpaired) electrons. The fourth-order valence-electron chi connectivity index (χ4n) is 2.99. The second-order valence-corrected chi connectivity index (χ2v) is 7.00. The van der Waals surface area contributed by atoms with Gasteiger partial charge in [-0.15, -0.1) is 11.3 Å². The SMILES string of the molecule is Cc1ccc(C2CC(c3ccccc3)=NN2c2nc(C)cs2)cc1. The molecule has 1 aromatic heterocycles. The Hall–Kier alpha value is -2.46. The second kappa shape index (κ2) is 6.21. The van der Waals surface area contributed by atoms with Crippen LogP contribution in [0.3, 0.4) is 0 Å². The lowest BCUT2D eigenvalue weighted by atomic mass is 9.98. The molecule has 0 fully saturated rings. The number of nitrogens with zero attached hydrogens (tertiary/aromatic N) is 3. The van der Waals surface area contributed by atoms with Crippen LogP contribution in [0.1, 0.15) is 34.8 Å². The lowest BCUT2D eigenvalue weighted by Crippen LogP contribution is -2.18. The summed E-state index contributed by atoms with van der Waals surface area (Å²) in [5, 5.41) is 10.1. The monoisotopic (exact) mass is 333 g/mol. The van der Waals surface area contributed by atoms with E-state index in [1.807, 2.05) is 13.0 Å². The van der Waals surface area contributed by atoms with Gasteiger partial charge in [0.2, 0.25) is 5.13 Å². The topological polar surface area (TPSA) is 28.5 Å². The highest BCUT2D eigenvalue weighted by Crippen LogP contribution is 2.38.